The van der Waals surface area contributed by atoms with Gasteiger partial charge in [0.15, 0.2) is 6.61 Å². The monoisotopic (exact) mass is 285 g/mol. The second kappa shape index (κ2) is 6.13. The maximum Gasteiger partial charge on any atom is 0.338 e. The van der Waals surface area contributed by atoms with Gasteiger partial charge in [-0.05, 0) is 37.3 Å². The molecular formula is C15H11NO3S. The lowest BCUT2D eigenvalue weighted by Crippen LogP contribution is -2.13. The molecule has 0 N–H and O–H groups in total. The number of thiophene rings is 1. The van der Waals surface area contributed by atoms with Crippen molar-refractivity contribution in [3.8, 4) is 6.07 Å². The smallest absolute Gasteiger partial charge is 0.338 e. The van der Waals surface area contributed by atoms with E-state index in [1.165, 1.54) is 17.4 Å². The van der Waals surface area contributed by atoms with Gasteiger partial charge >= 0.3 is 5.97 Å². The van der Waals surface area contributed by atoms with E-state index in [0.717, 1.165) is 4.88 Å². The number of Topliss-reactive ketones (excluding diaryl/α,β-unsaturated/α-hetero) is 1. The molecule has 0 saturated carbocycles. The quantitative estimate of drug-likeness (QED) is 0.639. The summed E-state index contributed by atoms with van der Waals surface area (Å²) in [6.45, 7) is 1.61. The Hall–Kier alpha value is -2.45. The third-order valence-electron chi connectivity index (χ3n) is 2.58. The van der Waals surface area contributed by atoms with E-state index < -0.39 is 5.97 Å². The van der Waals surface area contributed by atoms with Gasteiger partial charge in [0.05, 0.1) is 22.1 Å². The third-order valence-corrected chi connectivity index (χ3v) is 3.62. The van der Waals surface area contributed by atoms with Gasteiger partial charge in [-0.25, -0.2) is 4.79 Å². The van der Waals surface area contributed by atoms with Crippen LogP contribution in [0, 0.1) is 18.3 Å². The van der Waals surface area contributed by atoms with Gasteiger partial charge in [-0.2, -0.15) is 5.26 Å². The van der Waals surface area contributed by atoms with Gasteiger partial charge in [0.25, 0.3) is 0 Å². The number of carbonyl (C=O) groups excluding carboxylic acids is 2. The highest BCUT2D eigenvalue weighted by Crippen LogP contribution is 2.16. The maximum atomic E-state index is 11.8. The zero-order valence-corrected chi connectivity index (χ0v) is 11.6. The zero-order chi connectivity index (χ0) is 14.5. The number of esters is 1. The van der Waals surface area contributed by atoms with Crippen molar-refractivity contribution in [1.82, 2.24) is 0 Å². The van der Waals surface area contributed by atoms with Crippen molar-refractivity contribution < 1.29 is 14.3 Å². The fourth-order valence-corrected chi connectivity index (χ4v) is 2.38. The van der Waals surface area contributed by atoms with Crippen molar-refractivity contribution in [2.75, 3.05) is 6.61 Å². The second-order valence-corrected chi connectivity index (χ2v) is 5.39. The molecule has 0 fully saturated rings. The fraction of sp³-hybridized carbons (Fsp3) is 0.133. The highest BCUT2D eigenvalue weighted by atomic mass is 32.1. The summed E-state index contributed by atoms with van der Waals surface area (Å²) in [5.41, 5.74) is 0.638. The Bertz CT molecular complexity index is 697. The van der Waals surface area contributed by atoms with E-state index in [-0.39, 0.29) is 18.0 Å². The molecule has 0 aliphatic carbocycles. The summed E-state index contributed by atoms with van der Waals surface area (Å²) in [5, 5.41) is 8.76. The average Bonchev–Trinajstić information content (AvgIpc) is 2.91. The minimum absolute atomic E-state index is 0.229. The molecule has 5 heteroatoms. The summed E-state index contributed by atoms with van der Waals surface area (Å²) >= 11 is 1.37. The van der Waals surface area contributed by atoms with Crippen molar-refractivity contribution in [3.63, 3.8) is 0 Å². The van der Waals surface area contributed by atoms with Crippen molar-refractivity contribution >= 4 is 23.1 Å². The van der Waals surface area contributed by atoms with Gasteiger partial charge in [-0.1, -0.05) is 6.07 Å². The van der Waals surface area contributed by atoms with Crippen LogP contribution >= 0.6 is 11.3 Å². The summed E-state index contributed by atoms with van der Waals surface area (Å²) < 4.78 is 4.96. The first-order valence-corrected chi connectivity index (χ1v) is 6.69. The summed E-state index contributed by atoms with van der Waals surface area (Å²) in [6.07, 6.45) is 0. The molecule has 0 aliphatic heterocycles. The Kier molecular flexibility index (Phi) is 4.28. The first-order chi connectivity index (χ1) is 9.60. The molecule has 0 aliphatic rings. The van der Waals surface area contributed by atoms with Gasteiger partial charge in [-0.15, -0.1) is 11.3 Å². The van der Waals surface area contributed by atoms with Crippen LogP contribution in [-0.4, -0.2) is 18.4 Å². The number of ether oxygens (including phenoxy) is 1. The van der Waals surface area contributed by atoms with E-state index in [1.54, 1.807) is 24.3 Å². The van der Waals surface area contributed by atoms with Crippen LogP contribution in [0.3, 0.4) is 0 Å². The number of hydrogen-bond acceptors (Lipinski definition) is 5. The van der Waals surface area contributed by atoms with Crippen LogP contribution in [0.25, 0.3) is 0 Å². The summed E-state index contributed by atoms with van der Waals surface area (Å²) in [6, 6.07) is 11.7. The van der Waals surface area contributed by atoms with E-state index in [4.69, 9.17) is 10.00 Å². The summed E-state index contributed by atoms with van der Waals surface area (Å²) in [5.74, 6) is -0.836. The highest BCUT2D eigenvalue weighted by Gasteiger charge is 2.13. The number of nitrogens with zero attached hydrogens (tertiary/aromatic N) is 1. The minimum atomic E-state index is -0.608. The van der Waals surface area contributed by atoms with E-state index in [0.29, 0.717) is 10.4 Å². The number of benzene rings is 1. The lowest BCUT2D eigenvalue weighted by Gasteiger charge is -2.03. The van der Waals surface area contributed by atoms with Crippen molar-refractivity contribution in [2.45, 2.75) is 6.92 Å². The zero-order valence-electron chi connectivity index (χ0n) is 10.8. The first kappa shape index (κ1) is 14.0. The van der Waals surface area contributed by atoms with Crippen molar-refractivity contribution in [2.24, 2.45) is 0 Å². The largest absolute Gasteiger partial charge is 0.454 e. The Balaban J connectivity index is 1.98. The molecule has 2 aromatic rings. The molecule has 4 nitrogen and oxygen atoms in total. The standard InChI is InChI=1S/C15H11NO3S/c1-10-5-6-14(20-10)13(17)9-19-15(18)12-4-2-3-11(7-12)8-16/h2-7H,9H2,1H3. The maximum absolute atomic E-state index is 11.8. The summed E-state index contributed by atoms with van der Waals surface area (Å²) in [4.78, 5) is 25.2. The molecule has 0 amide bonds. The molecule has 0 bridgehead atoms. The van der Waals surface area contributed by atoms with Crippen molar-refractivity contribution in [1.29, 1.82) is 5.26 Å². The van der Waals surface area contributed by atoms with E-state index in [1.807, 2.05) is 19.1 Å². The number of nitriles is 1. The molecule has 1 heterocycles. The van der Waals surface area contributed by atoms with Gasteiger partial charge < -0.3 is 4.74 Å². The molecule has 0 atom stereocenters. The number of hydrogen-bond donors (Lipinski definition) is 0. The topological polar surface area (TPSA) is 67.2 Å². The van der Waals surface area contributed by atoms with Gasteiger partial charge in [0.2, 0.25) is 5.78 Å². The fourth-order valence-electron chi connectivity index (χ4n) is 1.59. The van der Waals surface area contributed by atoms with Gasteiger partial charge in [0, 0.05) is 4.88 Å². The van der Waals surface area contributed by atoms with Crippen LogP contribution in [0.4, 0.5) is 0 Å². The van der Waals surface area contributed by atoms with Crippen LogP contribution < -0.4 is 0 Å². The van der Waals surface area contributed by atoms with E-state index in [2.05, 4.69) is 0 Å². The van der Waals surface area contributed by atoms with Crippen molar-refractivity contribution in [3.05, 3.63) is 57.3 Å². The van der Waals surface area contributed by atoms with E-state index >= 15 is 0 Å². The Labute approximate surface area is 120 Å². The Morgan fingerprint density at radius 2 is 2.10 bits per heavy atom. The third kappa shape index (κ3) is 3.31. The number of carbonyl (C=O) groups is 2. The lowest BCUT2D eigenvalue weighted by molar-refractivity contribution is 0.0476. The van der Waals surface area contributed by atoms with Crippen LogP contribution in [0.2, 0.25) is 0 Å². The number of rotatable bonds is 4. The lowest BCUT2D eigenvalue weighted by atomic mass is 10.1. The highest BCUT2D eigenvalue weighted by molar-refractivity contribution is 7.14. The molecule has 0 radical (unpaired) electrons. The van der Waals surface area contributed by atoms with Gasteiger partial charge in [0.1, 0.15) is 0 Å². The van der Waals surface area contributed by atoms with Crippen LogP contribution in [0.5, 0.6) is 0 Å². The Morgan fingerprint density at radius 1 is 1.30 bits per heavy atom. The van der Waals surface area contributed by atoms with Gasteiger partial charge in [-0.3, -0.25) is 4.79 Å². The molecule has 0 saturated heterocycles. The molecule has 1 aromatic heterocycles. The van der Waals surface area contributed by atoms with E-state index in [9.17, 15) is 9.59 Å². The normalized spacial score (nSPS) is 9.80. The number of aryl methyl sites for hydroxylation is 1. The molecular weight excluding hydrogens is 274 g/mol. The minimum Gasteiger partial charge on any atom is -0.454 e. The van der Waals surface area contributed by atoms with Crippen LogP contribution in [0.15, 0.2) is 36.4 Å². The molecule has 100 valence electrons. The van der Waals surface area contributed by atoms with Crippen LogP contribution in [0.1, 0.15) is 30.5 Å². The Morgan fingerprint density at radius 3 is 2.75 bits per heavy atom. The first-order valence-electron chi connectivity index (χ1n) is 5.87. The average molecular weight is 285 g/mol. The second-order valence-electron chi connectivity index (χ2n) is 4.10. The van der Waals surface area contributed by atoms with Crippen LogP contribution in [-0.2, 0) is 4.74 Å². The number of ketones is 1. The molecule has 0 spiro atoms. The molecule has 1 aromatic carbocycles. The molecule has 2 rings (SSSR count). The molecule has 0 unspecified atom stereocenters. The predicted octanol–water partition coefficient (Wildman–Crippen LogP) is 2.97. The molecule has 20 heavy (non-hydrogen) atoms. The predicted molar refractivity (Wildman–Crippen MR) is 74.8 cm³/mol. The SMILES string of the molecule is Cc1ccc(C(=O)COC(=O)c2cccc(C#N)c2)s1. The summed E-state index contributed by atoms with van der Waals surface area (Å²) in [7, 11) is 0.